The third-order valence-corrected chi connectivity index (χ3v) is 5.22. The summed E-state index contributed by atoms with van der Waals surface area (Å²) in [6.45, 7) is 0.376. The minimum Gasteiger partial charge on any atom is -0.489 e. The molecule has 3 aromatic rings. The molecule has 0 amide bonds. The summed E-state index contributed by atoms with van der Waals surface area (Å²) in [5, 5.41) is 8.82. The molecule has 144 valence electrons. The van der Waals surface area contributed by atoms with Crippen molar-refractivity contribution in [3.8, 4) is 5.75 Å². The molecule has 0 saturated carbocycles. The van der Waals surface area contributed by atoms with Crippen molar-refractivity contribution < 1.29 is 27.4 Å². The van der Waals surface area contributed by atoms with Crippen molar-refractivity contribution >= 4 is 21.7 Å². The smallest absolute Gasteiger partial charge is 0.338 e. The van der Waals surface area contributed by atoms with Crippen LogP contribution in [0.2, 0.25) is 0 Å². The topological polar surface area (TPSA) is 92.7 Å². The average molecular weight is 401 g/mol. The Morgan fingerprint density at radius 3 is 2.29 bits per heavy atom. The largest absolute Gasteiger partial charge is 0.489 e. The summed E-state index contributed by atoms with van der Waals surface area (Å²) in [6, 6.07) is 18.4. The fourth-order valence-corrected chi connectivity index (χ4v) is 3.48. The Balaban J connectivity index is 1.69. The number of carboxylic acid groups (broad SMARTS) is 1. The lowest BCUT2D eigenvalue weighted by atomic mass is 10.2. The fourth-order valence-electron chi connectivity index (χ4n) is 2.41. The maximum atomic E-state index is 13.8. The molecule has 3 rings (SSSR count). The maximum absolute atomic E-state index is 13.8. The van der Waals surface area contributed by atoms with Gasteiger partial charge in [-0.25, -0.2) is 17.6 Å². The minimum atomic E-state index is -4.07. The van der Waals surface area contributed by atoms with Gasteiger partial charge in [0.05, 0.1) is 10.5 Å². The molecule has 0 radical (unpaired) electrons. The average Bonchev–Trinajstić information content (AvgIpc) is 2.67. The molecule has 0 aliphatic heterocycles. The lowest BCUT2D eigenvalue weighted by Gasteiger charge is -2.10. The summed E-state index contributed by atoms with van der Waals surface area (Å²) in [7, 11) is -4.07. The van der Waals surface area contributed by atoms with Crippen LogP contribution in [0, 0.1) is 5.82 Å². The predicted octanol–water partition coefficient (Wildman–Crippen LogP) is 3.90. The fraction of sp³-hybridized carbons (Fsp3) is 0.0500. The molecule has 0 fully saturated rings. The van der Waals surface area contributed by atoms with E-state index in [1.165, 1.54) is 12.1 Å². The van der Waals surface area contributed by atoms with E-state index in [0.717, 1.165) is 17.7 Å². The molecule has 0 aromatic heterocycles. The summed E-state index contributed by atoms with van der Waals surface area (Å²) >= 11 is 0. The second-order valence-electron chi connectivity index (χ2n) is 5.85. The molecule has 0 heterocycles. The number of carbonyl (C=O) groups is 1. The van der Waals surface area contributed by atoms with E-state index in [9.17, 15) is 17.6 Å². The highest BCUT2D eigenvalue weighted by atomic mass is 32.2. The van der Waals surface area contributed by atoms with Crippen LogP contribution in [0.5, 0.6) is 5.75 Å². The van der Waals surface area contributed by atoms with Crippen molar-refractivity contribution in [1.82, 2.24) is 0 Å². The van der Waals surface area contributed by atoms with Gasteiger partial charge < -0.3 is 9.84 Å². The number of aromatic carboxylic acids is 1. The first kappa shape index (κ1) is 19.4. The van der Waals surface area contributed by atoms with Gasteiger partial charge >= 0.3 is 5.97 Å². The molecule has 0 aliphatic carbocycles. The third-order valence-electron chi connectivity index (χ3n) is 3.84. The second-order valence-corrected chi connectivity index (χ2v) is 7.53. The number of rotatable bonds is 7. The Bertz CT molecular complexity index is 1080. The van der Waals surface area contributed by atoms with E-state index in [0.29, 0.717) is 18.4 Å². The third kappa shape index (κ3) is 4.66. The van der Waals surface area contributed by atoms with Crippen molar-refractivity contribution in [2.45, 2.75) is 11.5 Å². The molecule has 2 N–H and O–H groups in total. The van der Waals surface area contributed by atoms with Gasteiger partial charge in [0.25, 0.3) is 10.0 Å². The Morgan fingerprint density at radius 2 is 1.68 bits per heavy atom. The Labute approximate surface area is 161 Å². The predicted molar refractivity (Wildman–Crippen MR) is 101 cm³/mol. The van der Waals surface area contributed by atoms with Crippen molar-refractivity contribution in [3.05, 3.63) is 89.7 Å². The number of ether oxygens (including phenoxy) is 1. The number of sulfonamides is 1. The zero-order chi connectivity index (χ0) is 20.1. The van der Waals surface area contributed by atoms with Gasteiger partial charge in [0.15, 0.2) is 0 Å². The van der Waals surface area contributed by atoms with Crippen molar-refractivity contribution in [3.63, 3.8) is 0 Å². The molecular weight excluding hydrogens is 385 g/mol. The summed E-state index contributed by atoms with van der Waals surface area (Å²) in [4.78, 5) is 10.5. The molecular formula is C20H16FNO5S. The first-order valence-electron chi connectivity index (χ1n) is 8.17. The van der Waals surface area contributed by atoms with Crippen molar-refractivity contribution in [1.29, 1.82) is 0 Å². The Morgan fingerprint density at radius 1 is 1.00 bits per heavy atom. The highest BCUT2D eigenvalue weighted by molar-refractivity contribution is 7.92. The molecule has 3 aromatic carbocycles. The van der Waals surface area contributed by atoms with Crippen molar-refractivity contribution in [2.75, 3.05) is 4.72 Å². The first-order valence-corrected chi connectivity index (χ1v) is 9.66. The number of carboxylic acids is 1. The molecule has 0 spiro atoms. The van der Waals surface area contributed by atoms with Gasteiger partial charge in [-0.15, -0.1) is 0 Å². The van der Waals surface area contributed by atoms with E-state index < -0.39 is 27.4 Å². The minimum absolute atomic E-state index is 0.259. The number of halogens is 1. The molecule has 0 aliphatic rings. The van der Waals surface area contributed by atoms with Gasteiger partial charge in [0.1, 0.15) is 18.2 Å². The molecule has 28 heavy (non-hydrogen) atoms. The Hall–Kier alpha value is -3.39. The van der Waals surface area contributed by atoms with E-state index in [2.05, 4.69) is 4.72 Å². The van der Waals surface area contributed by atoms with Gasteiger partial charge in [0, 0.05) is 5.69 Å². The van der Waals surface area contributed by atoms with Crippen LogP contribution >= 0.6 is 0 Å². The SMILES string of the molecule is O=C(O)c1ccc(S(=O)(=O)Nc2ccc(OCc3ccccc3)cc2)cc1F. The highest BCUT2D eigenvalue weighted by Gasteiger charge is 2.18. The van der Waals surface area contributed by atoms with Gasteiger partial charge in [0.2, 0.25) is 0 Å². The van der Waals surface area contributed by atoms with Crippen LogP contribution in [-0.4, -0.2) is 19.5 Å². The zero-order valence-electron chi connectivity index (χ0n) is 14.5. The number of anilines is 1. The monoisotopic (exact) mass is 401 g/mol. The quantitative estimate of drug-likeness (QED) is 0.626. The van der Waals surface area contributed by atoms with E-state index in [-0.39, 0.29) is 10.6 Å². The lowest BCUT2D eigenvalue weighted by Crippen LogP contribution is -2.14. The molecule has 0 saturated heterocycles. The standard InChI is InChI=1S/C20H16FNO5S/c21-19-12-17(10-11-18(19)20(23)24)28(25,26)22-15-6-8-16(9-7-15)27-13-14-4-2-1-3-5-14/h1-12,22H,13H2,(H,23,24). The number of hydrogen-bond donors (Lipinski definition) is 2. The summed E-state index contributed by atoms with van der Waals surface area (Å²) in [5.74, 6) is -2.04. The van der Waals surface area contributed by atoms with E-state index in [1.807, 2.05) is 30.3 Å². The Kier molecular flexibility index (Phi) is 5.60. The van der Waals surface area contributed by atoms with Crippen LogP contribution in [0.15, 0.2) is 77.7 Å². The molecule has 8 heteroatoms. The van der Waals surface area contributed by atoms with Crippen LogP contribution in [0.25, 0.3) is 0 Å². The normalized spacial score (nSPS) is 11.0. The van der Waals surface area contributed by atoms with Crippen LogP contribution in [0.3, 0.4) is 0 Å². The molecule has 0 atom stereocenters. The van der Waals surface area contributed by atoms with Crippen LogP contribution in [0.1, 0.15) is 15.9 Å². The molecule has 6 nitrogen and oxygen atoms in total. The first-order chi connectivity index (χ1) is 13.3. The van der Waals surface area contributed by atoms with Crippen LogP contribution in [0.4, 0.5) is 10.1 Å². The van der Waals surface area contributed by atoms with Gasteiger partial charge in [-0.2, -0.15) is 0 Å². The summed E-state index contributed by atoms with van der Waals surface area (Å²) < 4.78 is 46.5. The molecule has 0 bridgehead atoms. The highest BCUT2D eigenvalue weighted by Crippen LogP contribution is 2.21. The lowest BCUT2D eigenvalue weighted by molar-refractivity contribution is 0.0691. The number of hydrogen-bond acceptors (Lipinski definition) is 4. The molecule has 0 unspecified atom stereocenters. The second kappa shape index (κ2) is 8.10. The van der Waals surface area contributed by atoms with Gasteiger partial charge in [-0.05, 0) is 48.0 Å². The summed E-state index contributed by atoms with van der Waals surface area (Å²) in [5.41, 5.74) is 0.660. The van der Waals surface area contributed by atoms with Gasteiger partial charge in [-0.1, -0.05) is 30.3 Å². The van der Waals surface area contributed by atoms with Crippen molar-refractivity contribution in [2.24, 2.45) is 0 Å². The van der Waals surface area contributed by atoms with Gasteiger partial charge in [-0.3, -0.25) is 4.72 Å². The maximum Gasteiger partial charge on any atom is 0.338 e. The van der Waals surface area contributed by atoms with Crippen LogP contribution < -0.4 is 9.46 Å². The summed E-state index contributed by atoms with van der Waals surface area (Å²) in [6.07, 6.45) is 0. The zero-order valence-corrected chi connectivity index (χ0v) is 15.3. The number of benzene rings is 3. The number of nitrogens with one attached hydrogen (secondary N) is 1. The van der Waals surface area contributed by atoms with E-state index >= 15 is 0 Å². The van der Waals surface area contributed by atoms with E-state index in [4.69, 9.17) is 9.84 Å². The van der Waals surface area contributed by atoms with E-state index in [1.54, 1.807) is 12.1 Å². The van der Waals surface area contributed by atoms with Crippen LogP contribution in [-0.2, 0) is 16.6 Å².